The van der Waals surface area contributed by atoms with Gasteiger partial charge in [0, 0.05) is 42.1 Å². The number of carbonyl (C=O) groups excluding carboxylic acids is 1. The van der Waals surface area contributed by atoms with Crippen LogP contribution in [0.1, 0.15) is 88.6 Å². The second-order valence-electron chi connectivity index (χ2n) is 14.9. The normalized spacial score (nSPS) is 25.1. The van der Waals surface area contributed by atoms with E-state index in [0.717, 1.165) is 72.9 Å². The largest absolute Gasteiger partial charge is 0.461 e. The summed E-state index contributed by atoms with van der Waals surface area (Å²) in [6.45, 7) is 12.2. The van der Waals surface area contributed by atoms with Crippen LogP contribution in [-0.2, 0) is 23.0 Å². The molecule has 1 aromatic heterocycles. The molecule has 7 rings (SSSR count). The van der Waals surface area contributed by atoms with E-state index >= 15 is 0 Å². The predicted octanol–water partition coefficient (Wildman–Crippen LogP) is 6.32. The topological polar surface area (TPSA) is 94.8 Å². The van der Waals surface area contributed by atoms with Crippen LogP contribution in [0, 0.1) is 11.3 Å². The summed E-state index contributed by atoms with van der Waals surface area (Å²) in [5, 5.41) is 10.5. The summed E-state index contributed by atoms with van der Waals surface area (Å²) in [6.07, 6.45) is 9.44. The number of aromatic nitrogens is 2. The quantitative estimate of drug-likeness (QED) is 0.373. The lowest BCUT2D eigenvalue weighted by molar-refractivity contribution is 0.0144. The van der Waals surface area contributed by atoms with E-state index in [9.17, 15) is 10.1 Å². The van der Waals surface area contributed by atoms with Crippen molar-refractivity contribution in [3.05, 3.63) is 51.7 Å². The molecule has 10 heteroatoms. The van der Waals surface area contributed by atoms with Crippen LogP contribution in [-0.4, -0.2) is 82.4 Å². The van der Waals surface area contributed by atoms with Gasteiger partial charge in [0.1, 0.15) is 18.0 Å². The van der Waals surface area contributed by atoms with Gasteiger partial charge >= 0.3 is 12.1 Å². The smallest absolute Gasteiger partial charge is 0.410 e. The first kappa shape index (κ1) is 31.3. The standard InChI is InChI=1S/C36H45ClN6O3/c1-24-20-35(27-8-5-9-28(37)30(24)27)14-10-26-29(21-35)39-32(45-23-36-12-6-16-42(36)17-7-13-36)40-31(26)41-18-19-43(25(22-41)11-15-38)33(44)46-34(2,3)4/h5,8-9,20,25H,6-7,10-14,16-19,21-23H2,1-4H3/t25-,35+/m0/s1. The molecule has 9 nitrogen and oxygen atoms in total. The van der Waals surface area contributed by atoms with Crippen LogP contribution in [0.3, 0.4) is 0 Å². The molecule has 3 aliphatic heterocycles. The number of nitriles is 1. The van der Waals surface area contributed by atoms with Gasteiger partial charge in [-0.05, 0) is 102 Å². The first-order valence-corrected chi connectivity index (χ1v) is 17.3. The number of ether oxygens (including phenoxy) is 2. The molecule has 1 amide bonds. The lowest BCUT2D eigenvalue weighted by Crippen LogP contribution is -2.56. The number of hydrogen-bond acceptors (Lipinski definition) is 8. The predicted molar refractivity (Wildman–Crippen MR) is 178 cm³/mol. The van der Waals surface area contributed by atoms with E-state index in [1.165, 1.54) is 24.0 Å². The number of carbonyl (C=O) groups is 1. The summed E-state index contributed by atoms with van der Waals surface area (Å²) in [4.78, 5) is 29.9. The highest BCUT2D eigenvalue weighted by Crippen LogP contribution is 2.51. The molecule has 0 bridgehead atoms. The van der Waals surface area contributed by atoms with E-state index in [4.69, 9.17) is 31.0 Å². The molecule has 0 radical (unpaired) electrons. The molecule has 0 N–H and O–H groups in total. The Hall–Kier alpha value is -3.35. The first-order valence-electron chi connectivity index (χ1n) is 16.9. The molecule has 1 spiro atoms. The summed E-state index contributed by atoms with van der Waals surface area (Å²) < 4.78 is 12.3. The van der Waals surface area contributed by atoms with Crippen LogP contribution in [0.25, 0.3) is 5.57 Å². The Balaban J connectivity index is 1.23. The molecule has 3 saturated heterocycles. The first-order chi connectivity index (χ1) is 22.0. The maximum Gasteiger partial charge on any atom is 0.410 e. The lowest BCUT2D eigenvalue weighted by atomic mass is 9.70. The minimum absolute atomic E-state index is 0.0819. The SMILES string of the molecule is CC1=C[C@@]2(CCc3c(nc(OCC45CCCN4CCC5)nc3N3CCN(C(=O)OC(C)(C)C)[C@@H](CC#N)C3)C2)c2cccc(Cl)c21. The number of rotatable bonds is 5. The van der Waals surface area contributed by atoms with Gasteiger partial charge < -0.3 is 19.3 Å². The Morgan fingerprint density at radius 3 is 2.65 bits per heavy atom. The zero-order valence-electron chi connectivity index (χ0n) is 27.6. The number of amides is 1. The Morgan fingerprint density at radius 1 is 1.13 bits per heavy atom. The van der Waals surface area contributed by atoms with E-state index in [0.29, 0.717) is 32.3 Å². The van der Waals surface area contributed by atoms with Crippen molar-refractivity contribution < 1.29 is 14.3 Å². The van der Waals surface area contributed by atoms with Crippen molar-refractivity contribution in [1.82, 2.24) is 19.8 Å². The Bertz CT molecular complexity index is 1600. The molecular weight excluding hydrogens is 600 g/mol. The van der Waals surface area contributed by atoms with Gasteiger partial charge in [-0.25, -0.2) is 4.79 Å². The van der Waals surface area contributed by atoms with Gasteiger partial charge in [0.05, 0.1) is 29.8 Å². The molecule has 1 aromatic carbocycles. The van der Waals surface area contributed by atoms with Crippen LogP contribution in [0.5, 0.6) is 6.01 Å². The highest BCUT2D eigenvalue weighted by Gasteiger charge is 2.46. The molecule has 2 aromatic rings. The second-order valence-corrected chi connectivity index (χ2v) is 15.3. The van der Waals surface area contributed by atoms with Crippen LogP contribution >= 0.6 is 11.6 Å². The summed E-state index contributed by atoms with van der Waals surface area (Å²) in [5.74, 6) is 0.874. The molecule has 0 saturated carbocycles. The monoisotopic (exact) mass is 644 g/mol. The van der Waals surface area contributed by atoms with Crippen LogP contribution in [0.15, 0.2) is 24.3 Å². The molecule has 5 aliphatic rings. The average Bonchev–Trinajstić information content (AvgIpc) is 3.66. The maximum atomic E-state index is 13.1. The fourth-order valence-corrected chi connectivity index (χ4v) is 9.09. The number of hydrogen-bond donors (Lipinski definition) is 0. The number of halogens is 1. The third-order valence-electron chi connectivity index (χ3n) is 10.8. The highest BCUT2D eigenvalue weighted by molar-refractivity contribution is 6.32. The number of piperazine rings is 1. The van der Waals surface area contributed by atoms with Gasteiger partial charge in [0.2, 0.25) is 0 Å². The van der Waals surface area contributed by atoms with Gasteiger partial charge in [0.25, 0.3) is 0 Å². The summed E-state index contributed by atoms with van der Waals surface area (Å²) >= 11 is 6.72. The van der Waals surface area contributed by atoms with Gasteiger partial charge in [0.15, 0.2) is 0 Å². The number of allylic oxidation sites excluding steroid dienone is 2. The lowest BCUT2D eigenvalue weighted by Gasteiger charge is -2.43. The third-order valence-corrected chi connectivity index (χ3v) is 11.1. The summed E-state index contributed by atoms with van der Waals surface area (Å²) in [6, 6.07) is 8.66. The molecule has 2 aliphatic carbocycles. The van der Waals surface area contributed by atoms with Crippen molar-refractivity contribution in [2.45, 2.75) is 102 Å². The van der Waals surface area contributed by atoms with Gasteiger partial charge in [-0.15, -0.1) is 0 Å². The van der Waals surface area contributed by atoms with Gasteiger partial charge in [-0.1, -0.05) is 29.8 Å². The van der Waals surface area contributed by atoms with E-state index in [-0.39, 0.29) is 29.5 Å². The van der Waals surface area contributed by atoms with Crippen molar-refractivity contribution >= 4 is 29.1 Å². The Morgan fingerprint density at radius 2 is 1.91 bits per heavy atom. The number of nitrogens with zero attached hydrogens (tertiary/aromatic N) is 6. The molecule has 0 unspecified atom stereocenters. The molecular formula is C36H45ClN6O3. The third kappa shape index (κ3) is 5.51. The fraction of sp³-hybridized carbons (Fsp3) is 0.611. The average molecular weight is 645 g/mol. The molecule has 2 atom stereocenters. The van der Waals surface area contributed by atoms with Crippen LogP contribution in [0.2, 0.25) is 5.02 Å². The van der Waals surface area contributed by atoms with Crippen molar-refractivity contribution in [3.63, 3.8) is 0 Å². The minimum atomic E-state index is -0.608. The molecule has 4 heterocycles. The Kier molecular flexibility index (Phi) is 7.96. The Labute approximate surface area is 277 Å². The number of anilines is 1. The van der Waals surface area contributed by atoms with Crippen molar-refractivity contribution in [3.8, 4) is 12.1 Å². The summed E-state index contributed by atoms with van der Waals surface area (Å²) in [7, 11) is 0. The minimum Gasteiger partial charge on any atom is -0.461 e. The molecule has 3 fully saturated rings. The van der Waals surface area contributed by atoms with Gasteiger partial charge in [-0.3, -0.25) is 4.90 Å². The number of benzene rings is 1. The van der Waals surface area contributed by atoms with Crippen LogP contribution < -0.4 is 9.64 Å². The van der Waals surface area contributed by atoms with E-state index in [1.807, 2.05) is 26.8 Å². The van der Waals surface area contributed by atoms with Crippen molar-refractivity contribution in [1.29, 1.82) is 5.26 Å². The van der Waals surface area contributed by atoms with Gasteiger partial charge in [-0.2, -0.15) is 15.2 Å². The fourth-order valence-electron chi connectivity index (χ4n) is 8.76. The molecule has 46 heavy (non-hydrogen) atoms. The summed E-state index contributed by atoms with van der Waals surface area (Å²) in [5.41, 5.74) is 5.10. The zero-order chi connectivity index (χ0) is 32.3. The van der Waals surface area contributed by atoms with E-state index < -0.39 is 5.60 Å². The zero-order valence-corrected chi connectivity index (χ0v) is 28.3. The maximum absolute atomic E-state index is 13.1. The van der Waals surface area contributed by atoms with Crippen LogP contribution in [0.4, 0.5) is 10.6 Å². The van der Waals surface area contributed by atoms with Crippen molar-refractivity contribution in [2.24, 2.45) is 0 Å². The highest BCUT2D eigenvalue weighted by atomic mass is 35.5. The number of fused-ring (bicyclic) bond motifs is 4. The van der Waals surface area contributed by atoms with E-state index in [1.54, 1.807) is 4.90 Å². The van der Waals surface area contributed by atoms with Crippen molar-refractivity contribution in [2.75, 3.05) is 44.2 Å². The van der Waals surface area contributed by atoms with E-state index in [2.05, 4.69) is 41.0 Å². The molecule has 244 valence electrons. The second kappa shape index (κ2) is 11.7.